The standard InChI is InChI=1S/C21H18N6O2/c28-21(18-2-1-13-29-18)23-16-5-3-14(4-6-16)17-7-8-19-24-25-20(27(19)26-17)15-9-11-22-12-10-15/h3-12,18H,1-2,13H2,(H,23,28)/t18-/m0/s1. The molecule has 1 aliphatic rings. The van der Waals surface area contributed by atoms with Crippen molar-refractivity contribution in [2.75, 3.05) is 11.9 Å². The van der Waals surface area contributed by atoms with E-state index in [0.29, 0.717) is 18.1 Å². The van der Waals surface area contributed by atoms with Gasteiger partial charge < -0.3 is 10.1 Å². The van der Waals surface area contributed by atoms with E-state index in [4.69, 9.17) is 9.84 Å². The molecule has 1 aromatic carbocycles. The highest BCUT2D eigenvalue weighted by Crippen LogP contribution is 2.23. The second kappa shape index (κ2) is 7.40. The Morgan fingerprint density at radius 1 is 1.00 bits per heavy atom. The summed E-state index contributed by atoms with van der Waals surface area (Å²) in [5.41, 5.74) is 4.00. The molecule has 1 saturated heterocycles. The summed E-state index contributed by atoms with van der Waals surface area (Å²) in [6.45, 7) is 0.649. The molecule has 8 nitrogen and oxygen atoms in total. The second-order valence-corrected chi connectivity index (χ2v) is 6.82. The van der Waals surface area contributed by atoms with Crippen molar-refractivity contribution in [3.05, 3.63) is 60.9 Å². The predicted molar refractivity (Wildman–Crippen MR) is 107 cm³/mol. The third-order valence-corrected chi connectivity index (χ3v) is 4.87. The summed E-state index contributed by atoms with van der Waals surface area (Å²) in [7, 11) is 0. The molecular formula is C21H18N6O2. The van der Waals surface area contributed by atoms with Gasteiger partial charge in [-0.1, -0.05) is 12.1 Å². The van der Waals surface area contributed by atoms with Gasteiger partial charge in [0.15, 0.2) is 11.5 Å². The van der Waals surface area contributed by atoms with Crippen molar-refractivity contribution in [1.29, 1.82) is 0 Å². The lowest BCUT2D eigenvalue weighted by molar-refractivity contribution is -0.124. The number of rotatable bonds is 4. The molecule has 4 aromatic rings. The molecule has 0 aliphatic carbocycles. The van der Waals surface area contributed by atoms with E-state index < -0.39 is 0 Å². The van der Waals surface area contributed by atoms with Crippen LogP contribution in [0.3, 0.4) is 0 Å². The minimum atomic E-state index is -0.348. The molecule has 1 fully saturated rings. The van der Waals surface area contributed by atoms with Crippen LogP contribution >= 0.6 is 0 Å². The van der Waals surface area contributed by atoms with E-state index in [0.717, 1.165) is 35.3 Å². The molecule has 4 heterocycles. The van der Waals surface area contributed by atoms with Crippen LogP contribution in [0.5, 0.6) is 0 Å². The maximum Gasteiger partial charge on any atom is 0.253 e. The first-order valence-electron chi connectivity index (χ1n) is 9.44. The molecule has 144 valence electrons. The number of carbonyl (C=O) groups excluding carboxylic acids is 1. The number of pyridine rings is 1. The normalized spacial score (nSPS) is 16.2. The Balaban J connectivity index is 1.41. The Labute approximate surface area is 166 Å². The Bertz CT molecular complexity index is 1150. The molecule has 0 radical (unpaired) electrons. The number of hydrogen-bond acceptors (Lipinski definition) is 6. The number of aromatic nitrogens is 5. The molecular weight excluding hydrogens is 368 g/mol. The fraction of sp³-hybridized carbons (Fsp3) is 0.190. The van der Waals surface area contributed by atoms with Crippen molar-refractivity contribution >= 4 is 17.2 Å². The Morgan fingerprint density at radius 2 is 1.83 bits per heavy atom. The van der Waals surface area contributed by atoms with E-state index in [1.807, 2.05) is 48.5 Å². The highest BCUT2D eigenvalue weighted by atomic mass is 16.5. The smallest absolute Gasteiger partial charge is 0.253 e. The minimum absolute atomic E-state index is 0.0960. The molecule has 5 rings (SSSR count). The van der Waals surface area contributed by atoms with E-state index in [2.05, 4.69) is 20.5 Å². The van der Waals surface area contributed by atoms with Crippen LogP contribution in [0.25, 0.3) is 28.3 Å². The average Bonchev–Trinajstić information content (AvgIpc) is 3.45. The van der Waals surface area contributed by atoms with Gasteiger partial charge in [0.1, 0.15) is 6.10 Å². The van der Waals surface area contributed by atoms with Crippen LogP contribution in [0.1, 0.15) is 12.8 Å². The third kappa shape index (κ3) is 3.45. The number of benzene rings is 1. The lowest BCUT2D eigenvalue weighted by Gasteiger charge is -2.11. The predicted octanol–water partition coefficient (Wildman–Crippen LogP) is 2.97. The summed E-state index contributed by atoms with van der Waals surface area (Å²) in [5.74, 6) is 0.561. The molecule has 8 heteroatoms. The molecule has 1 aliphatic heterocycles. The number of carbonyl (C=O) groups is 1. The Kier molecular flexibility index (Phi) is 4.45. The van der Waals surface area contributed by atoms with Crippen LogP contribution in [0.4, 0.5) is 5.69 Å². The monoisotopic (exact) mass is 386 g/mol. The quantitative estimate of drug-likeness (QED) is 0.579. The SMILES string of the molecule is O=C(Nc1ccc(-c2ccc3nnc(-c4ccncc4)n3n2)cc1)[C@@H]1CCCO1. The van der Waals surface area contributed by atoms with Crippen molar-refractivity contribution in [2.24, 2.45) is 0 Å². The van der Waals surface area contributed by atoms with E-state index in [-0.39, 0.29) is 12.0 Å². The van der Waals surface area contributed by atoms with Crippen LogP contribution in [-0.2, 0) is 9.53 Å². The zero-order valence-electron chi connectivity index (χ0n) is 15.5. The topological polar surface area (TPSA) is 94.3 Å². The minimum Gasteiger partial charge on any atom is -0.368 e. The Morgan fingerprint density at radius 3 is 2.59 bits per heavy atom. The zero-order chi connectivity index (χ0) is 19.6. The number of fused-ring (bicyclic) bond motifs is 1. The van der Waals surface area contributed by atoms with Crippen molar-refractivity contribution < 1.29 is 9.53 Å². The largest absolute Gasteiger partial charge is 0.368 e. The van der Waals surface area contributed by atoms with Crippen LogP contribution in [0.15, 0.2) is 60.9 Å². The zero-order valence-corrected chi connectivity index (χ0v) is 15.5. The van der Waals surface area contributed by atoms with E-state index >= 15 is 0 Å². The Hall–Kier alpha value is -3.65. The molecule has 29 heavy (non-hydrogen) atoms. The van der Waals surface area contributed by atoms with Crippen molar-refractivity contribution in [3.63, 3.8) is 0 Å². The van der Waals surface area contributed by atoms with Gasteiger partial charge >= 0.3 is 0 Å². The lowest BCUT2D eigenvalue weighted by atomic mass is 10.1. The maximum absolute atomic E-state index is 12.2. The number of nitrogens with one attached hydrogen (secondary N) is 1. The molecule has 1 amide bonds. The van der Waals surface area contributed by atoms with Gasteiger partial charge in [-0.05, 0) is 49.2 Å². The summed E-state index contributed by atoms with van der Waals surface area (Å²) in [5, 5.41) is 16.0. The lowest BCUT2D eigenvalue weighted by Crippen LogP contribution is -2.26. The third-order valence-electron chi connectivity index (χ3n) is 4.87. The number of hydrogen-bond donors (Lipinski definition) is 1. The molecule has 1 N–H and O–H groups in total. The summed E-state index contributed by atoms with van der Waals surface area (Å²) in [6, 6.07) is 15.1. The molecule has 1 atom stereocenters. The number of anilines is 1. The van der Waals surface area contributed by atoms with Gasteiger partial charge in [-0.3, -0.25) is 9.78 Å². The highest BCUT2D eigenvalue weighted by Gasteiger charge is 2.23. The molecule has 0 spiro atoms. The van der Waals surface area contributed by atoms with Crippen LogP contribution in [0, 0.1) is 0 Å². The van der Waals surface area contributed by atoms with E-state index in [1.54, 1.807) is 16.9 Å². The number of ether oxygens (including phenoxy) is 1. The van der Waals surface area contributed by atoms with Crippen molar-refractivity contribution in [3.8, 4) is 22.6 Å². The summed E-state index contributed by atoms with van der Waals surface area (Å²) in [4.78, 5) is 16.2. The van der Waals surface area contributed by atoms with Gasteiger partial charge in [0.2, 0.25) is 0 Å². The van der Waals surface area contributed by atoms with Gasteiger partial charge in [0.25, 0.3) is 5.91 Å². The average molecular weight is 386 g/mol. The van der Waals surface area contributed by atoms with Crippen molar-refractivity contribution in [1.82, 2.24) is 24.8 Å². The van der Waals surface area contributed by atoms with Crippen LogP contribution < -0.4 is 5.32 Å². The van der Waals surface area contributed by atoms with Crippen molar-refractivity contribution in [2.45, 2.75) is 18.9 Å². The molecule has 0 bridgehead atoms. The summed E-state index contributed by atoms with van der Waals surface area (Å²) in [6.07, 6.45) is 4.77. The van der Waals surface area contributed by atoms with Crippen LogP contribution in [0.2, 0.25) is 0 Å². The van der Waals surface area contributed by atoms with Crippen LogP contribution in [-0.4, -0.2) is 43.4 Å². The van der Waals surface area contributed by atoms with E-state index in [9.17, 15) is 4.79 Å². The molecule has 0 unspecified atom stereocenters. The second-order valence-electron chi connectivity index (χ2n) is 6.82. The van der Waals surface area contributed by atoms with E-state index in [1.165, 1.54) is 0 Å². The first-order valence-corrected chi connectivity index (χ1v) is 9.44. The highest BCUT2D eigenvalue weighted by molar-refractivity contribution is 5.94. The van der Waals surface area contributed by atoms with Gasteiger partial charge in [-0.15, -0.1) is 10.2 Å². The van der Waals surface area contributed by atoms with Gasteiger partial charge in [0.05, 0.1) is 5.69 Å². The number of amides is 1. The first kappa shape index (κ1) is 17.4. The first-order chi connectivity index (χ1) is 14.3. The molecule has 0 saturated carbocycles. The fourth-order valence-electron chi connectivity index (χ4n) is 3.36. The number of nitrogens with zero attached hydrogens (tertiary/aromatic N) is 5. The van der Waals surface area contributed by atoms with Gasteiger partial charge in [-0.2, -0.15) is 9.61 Å². The van der Waals surface area contributed by atoms with Gasteiger partial charge in [0, 0.05) is 35.8 Å². The summed E-state index contributed by atoms with van der Waals surface area (Å²) >= 11 is 0. The summed E-state index contributed by atoms with van der Waals surface area (Å²) < 4.78 is 7.14. The fourth-order valence-corrected chi connectivity index (χ4v) is 3.36. The maximum atomic E-state index is 12.2. The van der Waals surface area contributed by atoms with Gasteiger partial charge in [-0.25, -0.2) is 0 Å². The molecule has 3 aromatic heterocycles.